The number of likely N-dealkylation sites (tertiary alicyclic amines) is 1. The molecule has 4 heterocycles. The molecule has 5 rings (SSSR count). The Kier molecular flexibility index (Phi) is 5.21. The second-order valence-electron chi connectivity index (χ2n) is 8.56. The predicted molar refractivity (Wildman–Crippen MR) is 122 cm³/mol. The predicted octanol–water partition coefficient (Wildman–Crippen LogP) is 3.74. The number of hydrogen-bond acceptors (Lipinski definition) is 4. The summed E-state index contributed by atoms with van der Waals surface area (Å²) in [6.07, 6.45) is 2.04. The number of carbonyl (C=O) groups is 3. The first kappa shape index (κ1) is 20.7. The van der Waals surface area contributed by atoms with Crippen LogP contribution in [0.3, 0.4) is 0 Å². The number of fused-ring (bicyclic) bond motifs is 1. The Hall–Kier alpha value is -3.19. The molecule has 6 nitrogen and oxygen atoms in total. The molecule has 0 spiro atoms. The standard InChI is InChI=1S/C25H25N3O3S/c1-18-21-10-5-11-26(21)12-13-27(18)22(29)15-25(19-7-3-2-4-8-19)16-23(30)28(24(25)31)17-20-9-6-14-32-20/h2-11,14,18H,12-13,15-17H2,1H3. The minimum atomic E-state index is -1.16. The van der Waals surface area contributed by atoms with Gasteiger partial charge < -0.3 is 9.47 Å². The first-order valence-corrected chi connectivity index (χ1v) is 11.7. The number of nitrogens with zero attached hydrogens (tertiary/aromatic N) is 3. The molecule has 0 aliphatic carbocycles. The van der Waals surface area contributed by atoms with Crippen molar-refractivity contribution in [2.24, 2.45) is 0 Å². The molecule has 3 aromatic rings. The maximum Gasteiger partial charge on any atom is 0.241 e. The normalized spacial score (nSPS) is 23.0. The van der Waals surface area contributed by atoms with Crippen LogP contribution in [0.15, 0.2) is 66.2 Å². The van der Waals surface area contributed by atoms with Crippen LogP contribution >= 0.6 is 11.3 Å². The molecule has 3 amide bonds. The van der Waals surface area contributed by atoms with E-state index in [1.165, 1.54) is 16.2 Å². The number of thiophene rings is 1. The highest BCUT2D eigenvalue weighted by Gasteiger charge is 2.54. The Labute approximate surface area is 191 Å². The van der Waals surface area contributed by atoms with Gasteiger partial charge in [0.15, 0.2) is 0 Å². The number of rotatable bonds is 5. The van der Waals surface area contributed by atoms with Gasteiger partial charge in [0.2, 0.25) is 17.7 Å². The summed E-state index contributed by atoms with van der Waals surface area (Å²) in [7, 11) is 0. The minimum absolute atomic E-state index is 0.00637. The van der Waals surface area contributed by atoms with Crippen LogP contribution in [-0.2, 0) is 32.9 Å². The smallest absolute Gasteiger partial charge is 0.241 e. The molecule has 2 aliphatic rings. The van der Waals surface area contributed by atoms with Crippen molar-refractivity contribution in [2.45, 2.75) is 44.3 Å². The van der Waals surface area contributed by atoms with E-state index in [1.807, 2.05) is 78.0 Å². The van der Waals surface area contributed by atoms with Gasteiger partial charge in [-0.25, -0.2) is 0 Å². The van der Waals surface area contributed by atoms with Crippen molar-refractivity contribution in [1.82, 2.24) is 14.4 Å². The van der Waals surface area contributed by atoms with Crippen molar-refractivity contribution in [3.05, 3.63) is 82.3 Å². The van der Waals surface area contributed by atoms with Crippen LogP contribution in [0.5, 0.6) is 0 Å². The molecule has 0 bridgehead atoms. The zero-order chi connectivity index (χ0) is 22.3. The van der Waals surface area contributed by atoms with Crippen LogP contribution in [0.4, 0.5) is 0 Å². The van der Waals surface area contributed by atoms with Gasteiger partial charge in [-0.3, -0.25) is 19.3 Å². The molecular weight excluding hydrogens is 422 g/mol. The molecule has 0 radical (unpaired) electrons. The van der Waals surface area contributed by atoms with Crippen molar-refractivity contribution in [2.75, 3.05) is 6.54 Å². The van der Waals surface area contributed by atoms with E-state index < -0.39 is 5.41 Å². The molecule has 2 unspecified atom stereocenters. The molecule has 1 fully saturated rings. The third-order valence-electron chi connectivity index (χ3n) is 6.74. The largest absolute Gasteiger partial charge is 0.348 e. The Morgan fingerprint density at radius 3 is 2.62 bits per heavy atom. The van der Waals surface area contributed by atoms with Gasteiger partial charge in [0, 0.05) is 42.7 Å². The second-order valence-corrected chi connectivity index (χ2v) is 9.59. The lowest BCUT2D eigenvalue weighted by molar-refractivity contribution is -0.144. The first-order valence-electron chi connectivity index (χ1n) is 10.9. The average molecular weight is 448 g/mol. The summed E-state index contributed by atoms with van der Waals surface area (Å²) < 4.78 is 2.16. The first-order chi connectivity index (χ1) is 15.5. The van der Waals surface area contributed by atoms with Gasteiger partial charge in [-0.2, -0.15) is 0 Å². The van der Waals surface area contributed by atoms with E-state index in [4.69, 9.17) is 0 Å². The Morgan fingerprint density at radius 2 is 1.88 bits per heavy atom. The van der Waals surface area contributed by atoms with Gasteiger partial charge in [0.05, 0.1) is 18.0 Å². The van der Waals surface area contributed by atoms with Gasteiger partial charge in [-0.15, -0.1) is 11.3 Å². The van der Waals surface area contributed by atoms with Crippen LogP contribution in [0, 0.1) is 0 Å². The van der Waals surface area contributed by atoms with Gasteiger partial charge in [0.1, 0.15) is 0 Å². The highest BCUT2D eigenvalue weighted by atomic mass is 32.1. The minimum Gasteiger partial charge on any atom is -0.348 e. The number of carbonyl (C=O) groups excluding carboxylic acids is 3. The van der Waals surface area contributed by atoms with E-state index in [1.54, 1.807) is 0 Å². The van der Waals surface area contributed by atoms with E-state index in [-0.39, 0.29) is 43.1 Å². The summed E-state index contributed by atoms with van der Waals surface area (Å²) in [5, 5.41) is 1.93. The number of imide groups is 1. The highest BCUT2D eigenvalue weighted by Crippen LogP contribution is 2.42. The van der Waals surface area contributed by atoms with E-state index in [0.717, 1.165) is 22.7 Å². The summed E-state index contributed by atoms with van der Waals surface area (Å²) >= 11 is 1.52. The van der Waals surface area contributed by atoms with Crippen molar-refractivity contribution in [3.63, 3.8) is 0 Å². The number of hydrogen-bond donors (Lipinski definition) is 0. The SMILES string of the molecule is CC1c2cccn2CCN1C(=O)CC1(c2ccccc2)CC(=O)N(Cc2cccs2)C1=O. The zero-order valence-corrected chi connectivity index (χ0v) is 18.8. The lowest BCUT2D eigenvalue weighted by Crippen LogP contribution is -2.46. The fourth-order valence-electron chi connectivity index (χ4n) is 5.02. The number of aromatic nitrogens is 1. The lowest BCUT2D eigenvalue weighted by Gasteiger charge is -2.37. The van der Waals surface area contributed by atoms with Crippen molar-refractivity contribution >= 4 is 29.1 Å². The molecule has 7 heteroatoms. The monoisotopic (exact) mass is 447 g/mol. The van der Waals surface area contributed by atoms with Crippen molar-refractivity contribution < 1.29 is 14.4 Å². The topological polar surface area (TPSA) is 62.6 Å². The third kappa shape index (κ3) is 3.37. The van der Waals surface area contributed by atoms with Gasteiger partial charge >= 0.3 is 0 Å². The highest BCUT2D eigenvalue weighted by molar-refractivity contribution is 7.09. The van der Waals surface area contributed by atoms with E-state index in [9.17, 15) is 14.4 Å². The molecular formula is C25H25N3O3S. The summed E-state index contributed by atoms with van der Waals surface area (Å²) in [4.78, 5) is 44.5. The molecule has 0 saturated carbocycles. The van der Waals surface area contributed by atoms with Crippen molar-refractivity contribution in [1.29, 1.82) is 0 Å². The second kappa shape index (κ2) is 8.06. The Morgan fingerprint density at radius 1 is 1.06 bits per heavy atom. The fourth-order valence-corrected chi connectivity index (χ4v) is 5.71. The quantitative estimate of drug-likeness (QED) is 0.560. The summed E-state index contributed by atoms with van der Waals surface area (Å²) in [5.41, 5.74) is 0.659. The zero-order valence-electron chi connectivity index (χ0n) is 17.9. The van der Waals surface area contributed by atoms with E-state index >= 15 is 0 Å². The van der Waals surface area contributed by atoms with Crippen molar-refractivity contribution in [3.8, 4) is 0 Å². The van der Waals surface area contributed by atoms with Gasteiger partial charge in [-0.1, -0.05) is 36.4 Å². The van der Waals surface area contributed by atoms with Crippen LogP contribution in [0.2, 0.25) is 0 Å². The molecule has 32 heavy (non-hydrogen) atoms. The number of benzene rings is 1. The fraction of sp³-hybridized carbons (Fsp3) is 0.320. The van der Waals surface area contributed by atoms with E-state index in [0.29, 0.717) is 6.54 Å². The molecule has 0 N–H and O–H groups in total. The average Bonchev–Trinajstić information content (AvgIpc) is 3.53. The maximum atomic E-state index is 13.8. The molecule has 2 aromatic heterocycles. The van der Waals surface area contributed by atoms with E-state index in [2.05, 4.69) is 4.57 Å². The van der Waals surface area contributed by atoms with Crippen LogP contribution < -0.4 is 0 Å². The Balaban J connectivity index is 1.46. The molecule has 2 aliphatic heterocycles. The summed E-state index contributed by atoms with van der Waals surface area (Å²) in [6.45, 7) is 3.59. The molecule has 164 valence electrons. The third-order valence-corrected chi connectivity index (χ3v) is 7.61. The van der Waals surface area contributed by atoms with Crippen LogP contribution in [-0.4, -0.2) is 38.6 Å². The van der Waals surface area contributed by atoms with Gasteiger partial charge in [-0.05, 0) is 36.1 Å². The summed E-state index contributed by atoms with van der Waals surface area (Å²) in [5.74, 6) is -0.586. The summed E-state index contributed by atoms with van der Waals surface area (Å²) in [6, 6.07) is 17.1. The molecule has 1 aromatic carbocycles. The molecule has 1 saturated heterocycles. The lowest BCUT2D eigenvalue weighted by atomic mass is 9.75. The maximum absolute atomic E-state index is 13.8. The van der Waals surface area contributed by atoms with Crippen LogP contribution in [0.25, 0.3) is 0 Å². The molecule has 2 atom stereocenters. The Bertz CT molecular complexity index is 1150. The van der Waals surface area contributed by atoms with Gasteiger partial charge in [0.25, 0.3) is 0 Å². The number of amides is 3. The van der Waals surface area contributed by atoms with Crippen LogP contribution in [0.1, 0.15) is 41.9 Å².